The van der Waals surface area contributed by atoms with Gasteiger partial charge in [0, 0.05) is 18.8 Å². The van der Waals surface area contributed by atoms with E-state index in [-0.39, 0.29) is 17.9 Å². The number of carbonyl (C=O) groups excluding carboxylic acids is 1. The minimum atomic E-state index is -0.0542. The lowest BCUT2D eigenvalue weighted by molar-refractivity contribution is 0.0781. The molecule has 1 amide bonds. The fourth-order valence-corrected chi connectivity index (χ4v) is 3.66. The summed E-state index contributed by atoms with van der Waals surface area (Å²) in [6.07, 6.45) is 2.37. The van der Waals surface area contributed by atoms with Crippen molar-refractivity contribution in [1.29, 1.82) is 0 Å². The van der Waals surface area contributed by atoms with Crippen LogP contribution >= 0.6 is 0 Å². The quantitative estimate of drug-likeness (QED) is 0.721. The van der Waals surface area contributed by atoms with Gasteiger partial charge in [0.05, 0.1) is 17.4 Å². The first-order chi connectivity index (χ1) is 12.4. The topological polar surface area (TPSA) is 81.2 Å². The molecule has 0 radical (unpaired) electrons. The third-order valence-electron chi connectivity index (χ3n) is 4.93. The molecule has 0 bridgehead atoms. The number of amides is 1. The molecule has 136 valence electrons. The summed E-state index contributed by atoms with van der Waals surface area (Å²) in [5, 5.41) is 8.78. The van der Waals surface area contributed by atoms with E-state index >= 15 is 0 Å². The van der Waals surface area contributed by atoms with Gasteiger partial charge in [-0.15, -0.1) is 0 Å². The summed E-state index contributed by atoms with van der Waals surface area (Å²) in [6, 6.07) is 4.12. The molecule has 8 nitrogen and oxygen atoms in total. The van der Waals surface area contributed by atoms with Crippen molar-refractivity contribution in [2.24, 2.45) is 0 Å². The molecule has 3 aromatic rings. The molecule has 4 heterocycles. The van der Waals surface area contributed by atoms with Gasteiger partial charge < -0.3 is 4.90 Å². The molecular weight excluding hydrogens is 330 g/mol. The summed E-state index contributed by atoms with van der Waals surface area (Å²) in [4.78, 5) is 23.5. The number of aromatic nitrogens is 6. The molecule has 3 aromatic heterocycles. The third kappa shape index (κ3) is 2.75. The molecular formula is C18H23N7O. The fraction of sp³-hybridized carbons (Fsp3) is 0.500. The predicted molar refractivity (Wildman–Crippen MR) is 96.1 cm³/mol. The maximum atomic E-state index is 13.0. The molecule has 1 atom stereocenters. The van der Waals surface area contributed by atoms with Crippen LogP contribution in [0.2, 0.25) is 0 Å². The second-order valence-electron chi connectivity index (χ2n) is 7.26. The highest BCUT2D eigenvalue weighted by atomic mass is 16.2. The Morgan fingerprint density at radius 1 is 1.27 bits per heavy atom. The van der Waals surface area contributed by atoms with E-state index in [4.69, 9.17) is 0 Å². The van der Waals surface area contributed by atoms with Gasteiger partial charge in [0.15, 0.2) is 0 Å². The van der Waals surface area contributed by atoms with Crippen molar-refractivity contribution in [1.82, 2.24) is 34.3 Å². The van der Waals surface area contributed by atoms with E-state index in [2.05, 4.69) is 47.0 Å². The van der Waals surface area contributed by atoms with Crippen LogP contribution in [0.15, 0.2) is 18.5 Å². The van der Waals surface area contributed by atoms with Crippen molar-refractivity contribution >= 4 is 11.7 Å². The van der Waals surface area contributed by atoms with Crippen LogP contribution in [0.1, 0.15) is 59.8 Å². The molecule has 0 N–H and O–H groups in total. The standard InChI is InChI=1S/C18H23N7O/c1-11(2)16-8-15(21-18-19-10-20-25(16)18)17(26)23-6-5-14(9-23)24-13(4)7-12(3)22-24/h7-8,10-11,14H,5-6,9H2,1-4H3/t14-/m1/s1. The summed E-state index contributed by atoms with van der Waals surface area (Å²) in [5.74, 6) is 0.630. The van der Waals surface area contributed by atoms with Crippen molar-refractivity contribution in [2.75, 3.05) is 13.1 Å². The molecule has 1 aliphatic heterocycles. The first-order valence-electron chi connectivity index (χ1n) is 8.96. The number of aryl methyl sites for hydroxylation is 2. The lowest BCUT2D eigenvalue weighted by Gasteiger charge is -2.18. The van der Waals surface area contributed by atoms with Crippen LogP contribution in [-0.4, -0.2) is 53.3 Å². The Kier molecular flexibility index (Phi) is 3.97. The number of hydrogen-bond acceptors (Lipinski definition) is 5. The van der Waals surface area contributed by atoms with Gasteiger partial charge in [-0.1, -0.05) is 13.8 Å². The summed E-state index contributed by atoms with van der Waals surface area (Å²) in [6.45, 7) is 9.54. The number of hydrogen-bond donors (Lipinski definition) is 0. The van der Waals surface area contributed by atoms with Crippen LogP contribution in [0.25, 0.3) is 5.78 Å². The van der Waals surface area contributed by atoms with E-state index in [0.29, 0.717) is 24.6 Å². The lowest BCUT2D eigenvalue weighted by atomic mass is 10.1. The molecule has 0 aromatic carbocycles. The number of carbonyl (C=O) groups is 1. The molecule has 0 unspecified atom stereocenters. The molecule has 0 saturated carbocycles. The Morgan fingerprint density at radius 2 is 2.08 bits per heavy atom. The van der Waals surface area contributed by atoms with Crippen molar-refractivity contribution in [2.45, 2.75) is 46.1 Å². The highest BCUT2D eigenvalue weighted by Gasteiger charge is 2.30. The summed E-state index contributed by atoms with van der Waals surface area (Å²) >= 11 is 0. The zero-order valence-electron chi connectivity index (χ0n) is 15.5. The Hall–Kier alpha value is -2.77. The van der Waals surface area contributed by atoms with Gasteiger partial charge in [-0.3, -0.25) is 9.48 Å². The summed E-state index contributed by atoms with van der Waals surface area (Å²) in [7, 11) is 0. The first kappa shape index (κ1) is 16.7. The van der Waals surface area contributed by atoms with Gasteiger partial charge in [-0.2, -0.15) is 15.2 Å². The van der Waals surface area contributed by atoms with Crippen LogP contribution in [-0.2, 0) is 0 Å². The van der Waals surface area contributed by atoms with E-state index in [0.717, 1.165) is 23.5 Å². The van der Waals surface area contributed by atoms with Crippen molar-refractivity contribution in [3.63, 3.8) is 0 Å². The number of likely N-dealkylation sites (tertiary alicyclic amines) is 1. The van der Waals surface area contributed by atoms with Crippen molar-refractivity contribution in [3.05, 3.63) is 41.2 Å². The second kappa shape index (κ2) is 6.19. The van der Waals surface area contributed by atoms with E-state index in [1.54, 1.807) is 4.52 Å². The van der Waals surface area contributed by atoms with E-state index in [1.165, 1.54) is 6.33 Å². The lowest BCUT2D eigenvalue weighted by Crippen LogP contribution is -2.30. The van der Waals surface area contributed by atoms with Gasteiger partial charge in [0.1, 0.15) is 12.0 Å². The Morgan fingerprint density at radius 3 is 2.77 bits per heavy atom. The average molecular weight is 353 g/mol. The average Bonchev–Trinajstić information content (AvgIpc) is 3.32. The highest BCUT2D eigenvalue weighted by Crippen LogP contribution is 2.25. The van der Waals surface area contributed by atoms with Crippen LogP contribution in [0.3, 0.4) is 0 Å². The van der Waals surface area contributed by atoms with Gasteiger partial charge in [0.25, 0.3) is 11.7 Å². The summed E-state index contributed by atoms with van der Waals surface area (Å²) < 4.78 is 3.74. The second-order valence-corrected chi connectivity index (χ2v) is 7.26. The molecule has 4 rings (SSSR count). The smallest absolute Gasteiger partial charge is 0.272 e. The normalized spacial score (nSPS) is 17.6. The Bertz CT molecular complexity index is 971. The van der Waals surface area contributed by atoms with E-state index < -0.39 is 0 Å². The maximum absolute atomic E-state index is 13.0. The van der Waals surface area contributed by atoms with Crippen LogP contribution in [0.4, 0.5) is 0 Å². The SMILES string of the molecule is Cc1cc(C)n([C@@H]2CCN(C(=O)c3cc(C(C)C)n4ncnc4n3)C2)n1. The predicted octanol–water partition coefficient (Wildman–Crippen LogP) is 2.15. The molecule has 1 saturated heterocycles. The molecule has 26 heavy (non-hydrogen) atoms. The Labute approximate surface area is 151 Å². The zero-order chi connectivity index (χ0) is 18.4. The molecule has 8 heteroatoms. The molecule has 0 aliphatic carbocycles. The minimum Gasteiger partial charge on any atom is -0.335 e. The van der Waals surface area contributed by atoms with E-state index in [1.807, 2.05) is 22.6 Å². The fourth-order valence-electron chi connectivity index (χ4n) is 3.66. The number of fused-ring (bicyclic) bond motifs is 1. The first-order valence-corrected chi connectivity index (χ1v) is 8.96. The maximum Gasteiger partial charge on any atom is 0.272 e. The molecule has 1 aliphatic rings. The minimum absolute atomic E-state index is 0.0542. The van der Waals surface area contributed by atoms with Gasteiger partial charge in [-0.05, 0) is 38.3 Å². The van der Waals surface area contributed by atoms with Crippen LogP contribution in [0.5, 0.6) is 0 Å². The summed E-state index contributed by atoms with van der Waals surface area (Å²) in [5.41, 5.74) is 3.51. The van der Waals surface area contributed by atoms with Crippen LogP contribution < -0.4 is 0 Å². The van der Waals surface area contributed by atoms with Gasteiger partial charge >= 0.3 is 0 Å². The van der Waals surface area contributed by atoms with Crippen molar-refractivity contribution < 1.29 is 4.79 Å². The van der Waals surface area contributed by atoms with Crippen LogP contribution in [0, 0.1) is 13.8 Å². The largest absolute Gasteiger partial charge is 0.335 e. The van der Waals surface area contributed by atoms with Gasteiger partial charge in [-0.25, -0.2) is 9.50 Å². The monoisotopic (exact) mass is 353 g/mol. The number of nitrogens with zero attached hydrogens (tertiary/aromatic N) is 7. The van der Waals surface area contributed by atoms with Crippen molar-refractivity contribution in [3.8, 4) is 0 Å². The number of rotatable bonds is 3. The zero-order valence-corrected chi connectivity index (χ0v) is 15.5. The highest BCUT2D eigenvalue weighted by molar-refractivity contribution is 5.93. The Balaban J connectivity index is 1.60. The van der Waals surface area contributed by atoms with E-state index in [9.17, 15) is 4.79 Å². The van der Waals surface area contributed by atoms with Gasteiger partial charge in [0.2, 0.25) is 0 Å². The molecule has 0 spiro atoms. The molecule has 1 fully saturated rings. The third-order valence-corrected chi connectivity index (χ3v) is 4.93.